The summed E-state index contributed by atoms with van der Waals surface area (Å²) in [6.45, 7) is 7.11. The second kappa shape index (κ2) is 6.58. The Balaban J connectivity index is 1.66. The minimum Gasteiger partial charge on any atom is -0.361 e. The Labute approximate surface area is 191 Å². The van der Waals surface area contributed by atoms with E-state index in [1.165, 1.54) is 54.0 Å². The van der Waals surface area contributed by atoms with Crippen molar-refractivity contribution in [2.24, 2.45) is 0 Å². The fourth-order valence-corrected chi connectivity index (χ4v) is 6.70. The van der Waals surface area contributed by atoms with Crippen LogP contribution < -0.4 is 0 Å². The zero-order valence-corrected chi connectivity index (χ0v) is 19.5. The van der Waals surface area contributed by atoms with Crippen LogP contribution in [0.15, 0.2) is 83.5 Å². The van der Waals surface area contributed by atoms with Gasteiger partial charge in [-0.25, -0.2) is 0 Å². The zero-order valence-electron chi connectivity index (χ0n) is 18.0. The summed E-state index contributed by atoms with van der Waals surface area (Å²) in [5.41, 5.74) is 9.53. The molecule has 1 heterocycles. The van der Waals surface area contributed by atoms with E-state index in [1.54, 1.807) is 0 Å². The molecule has 31 heavy (non-hydrogen) atoms. The Bertz CT molecular complexity index is 1440. The number of fused-ring (bicyclic) bond motifs is 5. The van der Waals surface area contributed by atoms with Crippen LogP contribution in [0.4, 0.5) is 0 Å². The zero-order chi connectivity index (χ0) is 21.3. The van der Waals surface area contributed by atoms with Crippen LogP contribution in [0.25, 0.3) is 32.8 Å². The van der Waals surface area contributed by atoms with Crippen molar-refractivity contribution >= 4 is 37.6 Å². The summed E-state index contributed by atoms with van der Waals surface area (Å²) in [7, 11) is 0. The summed E-state index contributed by atoms with van der Waals surface area (Å²) >= 11 is 3.91. The van der Waals surface area contributed by atoms with Crippen molar-refractivity contribution in [1.82, 2.24) is 4.98 Å². The van der Waals surface area contributed by atoms with Crippen LogP contribution in [0.2, 0.25) is 0 Å². The molecule has 0 unspecified atom stereocenters. The number of hydrogen-bond donors (Lipinski definition) is 1. The molecule has 0 saturated heterocycles. The van der Waals surface area contributed by atoms with Crippen molar-refractivity contribution in [2.75, 3.05) is 0 Å². The van der Waals surface area contributed by atoms with Crippen molar-refractivity contribution < 1.29 is 0 Å². The molecule has 0 saturated carbocycles. The lowest BCUT2D eigenvalue weighted by atomic mass is 9.68. The van der Waals surface area contributed by atoms with Gasteiger partial charge >= 0.3 is 0 Å². The molecule has 0 aliphatic heterocycles. The van der Waals surface area contributed by atoms with Gasteiger partial charge < -0.3 is 4.98 Å². The van der Waals surface area contributed by atoms with Gasteiger partial charge in [-0.1, -0.05) is 68.4 Å². The predicted octanol–water partition coefficient (Wildman–Crippen LogP) is 8.48. The number of halogens is 1. The van der Waals surface area contributed by atoms with Crippen molar-refractivity contribution in [1.29, 1.82) is 0 Å². The molecule has 5 aromatic rings. The van der Waals surface area contributed by atoms with Crippen molar-refractivity contribution in [3.05, 3.63) is 106 Å². The minimum absolute atomic E-state index is 0.0730. The quantitative estimate of drug-likeness (QED) is 0.269. The lowest BCUT2D eigenvalue weighted by Crippen LogP contribution is -2.27. The molecule has 4 aromatic carbocycles. The number of aromatic amines is 1. The largest absolute Gasteiger partial charge is 0.361 e. The summed E-state index contributed by atoms with van der Waals surface area (Å²) in [5, 5.41) is 3.86. The van der Waals surface area contributed by atoms with Gasteiger partial charge in [0.1, 0.15) is 0 Å². The molecule has 1 nitrogen and oxygen atoms in total. The number of H-pyrrole nitrogens is 1. The highest BCUT2D eigenvalue weighted by Gasteiger charge is 2.42. The first-order chi connectivity index (χ1) is 15.0. The maximum atomic E-state index is 3.91. The summed E-state index contributed by atoms with van der Waals surface area (Å²) in [6.07, 6.45) is 2.00. The number of aromatic nitrogens is 1. The minimum atomic E-state index is -0.0730. The van der Waals surface area contributed by atoms with Crippen molar-refractivity contribution in [2.45, 2.75) is 32.1 Å². The standard InChI is InChI=1S/C29H24BrN/c1-17-15-24-23(16-25-22(28(24)30)13-8-14-31-25)26(17)29(2,3)27-20-11-6-4-9-18(20)19-10-5-7-12-21(19)27/h4-16,27,31H,1-3H3. The third kappa shape index (κ3) is 2.55. The van der Waals surface area contributed by atoms with E-state index in [1.807, 2.05) is 6.20 Å². The number of hydrogen-bond acceptors (Lipinski definition) is 0. The molecule has 0 amide bonds. The molecule has 2 heteroatoms. The second-order valence-corrected chi connectivity index (χ2v) is 10.1. The molecule has 1 aliphatic rings. The molecule has 1 aromatic heterocycles. The van der Waals surface area contributed by atoms with Gasteiger partial charge in [0.15, 0.2) is 0 Å². The summed E-state index contributed by atoms with van der Waals surface area (Å²) in [4.78, 5) is 3.44. The van der Waals surface area contributed by atoms with E-state index in [2.05, 4.69) is 114 Å². The molecule has 0 radical (unpaired) electrons. The third-order valence-corrected chi connectivity index (χ3v) is 8.02. The highest BCUT2D eigenvalue weighted by molar-refractivity contribution is 9.10. The second-order valence-electron chi connectivity index (χ2n) is 9.31. The number of benzene rings is 3. The SMILES string of the molecule is Cc1cc2c(Br)c3ccc[nH]c3cc2c1C(C)(C)C1c2ccccc2-c2ccccc21. The van der Waals surface area contributed by atoms with Crippen LogP contribution in [-0.2, 0) is 5.41 Å². The van der Waals surface area contributed by atoms with Crippen molar-refractivity contribution in [3.8, 4) is 11.1 Å². The van der Waals surface area contributed by atoms with Crippen molar-refractivity contribution in [3.63, 3.8) is 0 Å². The molecule has 6 rings (SSSR count). The topological polar surface area (TPSA) is 15.8 Å². The number of pyridine rings is 1. The van der Waals surface area contributed by atoms with Gasteiger partial charge in [0.25, 0.3) is 0 Å². The van der Waals surface area contributed by atoms with Gasteiger partial charge in [0, 0.05) is 32.9 Å². The Morgan fingerprint density at radius 3 is 2.10 bits per heavy atom. The van der Waals surface area contributed by atoms with Crippen LogP contribution >= 0.6 is 15.9 Å². The van der Waals surface area contributed by atoms with Gasteiger partial charge in [-0.3, -0.25) is 0 Å². The molecular weight excluding hydrogens is 442 g/mol. The predicted molar refractivity (Wildman–Crippen MR) is 135 cm³/mol. The molecule has 0 bridgehead atoms. The lowest BCUT2D eigenvalue weighted by Gasteiger charge is -2.35. The molecule has 1 aliphatic carbocycles. The first-order valence-electron chi connectivity index (χ1n) is 10.9. The highest BCUT2D eigenvalue weighted by atomic mass is 79.9. The van der Waals surface area contributed by atoms with E-state index < -0.39 is 0 Å². The number of nitrogens with one attached hydrogen (secondary N) is 1. The smallest absolute Gasteiger partial charge is 0.0471 e. The van der Waals surface area contributed by atoms with Gasteiger partial charge in [0.05, 0.1) is 0 Å². The van der Waals surface area contributed by atoms with Gasteiger partial charge in [-0.15, -0.1) is 0 Å². The van der Waals surface area contributed by atoms with Crippen LogP contribution in [-0.4, -0.2) is 4.98 Å². The van der Waals surface area contributed by atoms with E-state index in [4.69, 9.17) is 0 Å². The highest BCUT2D eigenvalue weighted by Crippen LogP contribution is 2.55. The Kier molecular flexibility index (Phi) is 4.01. The Morgan fingerprint density at radius 1 is 0.774 bits per heavy atom. The average Bonchev–Trinajstić information content (AvgIpc) is 3.29. The lowest BCUT2D eigenvalue weighted by molar-refractivity contribution is 0.468. The fourth-order valence-electron chi connectivity index (χ4n) is 6.03. The molecule has 0 atom stereocenters. The third-order valence-electron chi connectivity index (χ3n) is 7.16. The first kappa shape index (κ1) is 18.9. The monoisotopic (exact) mass is 465 g/mol. The average molecular weight is 466 g/mol. The van der Waals surface area contributed by atoms with Crippen LogP contribution in [0.1, 0.15) is 42.0 Å². The van der Waals surface area contributed by atoms with E-state index in [0.717, 1.165) is 5.52 Å². The molecular formula is C29H24BrN. The summed E-state index contributed by atoms with van der Waals surface area (Å²) in [5.74, 6) is 0.318. The fraction of sp³-hybridized carbons (Fsp3) is 0.172. The maximum Gasteiger partial charge on any atom is 0.0471 e. The van der Waals surface area contributed by atoms with E-state index in [9.17, 15) is 0 Å². The molecule has 152 valence electrons. The Morgan fingerprint density at radius 2 is 1.42 bits per heavy atom. The van der Waals surface area contributed by atoms with Gasteiger partial charge in [0.2, 0.25) is 0 Å². The van der Waals surface area contributed by atoms with Crippen LogP contribution in [0.3, 0.4) is 0 Å². The normalized spacial score (nSPS) is 13.7. The number of aryl methyl sites for hydroxylation is 1. The van der Waals surface area contributed by atoms with Gasteiger partial charge in [-0.2, -0.15) is 0 Å². The first-order valence-corrected chi connectivity index (χ1v) is 11.7. The van der Waals surface area contributed by atoms with E-state index in [-0.39, 0.29) is 5.41 Å². The van der Waals surface area contributed by atoms with Gasteiger partial charge in [-0.05, 0) is 85.2 Å². The van der Waals surface area contributed by atoms with E-state index >= 15 is 0 Å². The van der Waals surface area contributed by atoms with E-state index in [0.29, 0.717) is 5.92 Å². The van der Waals surface area contributed by atoms with Crippen LogP contribution in [0, 0.1) is 6.92 Å². The molecule has 0 spiro atoms. The Hall–Kier alpha value is -2.84. The molecule has 0 fully saturated rings. The summed E-state index contributed by atoms with van der Waals surface area (Å²) < 4.78 is 1.18. The number of rotatable bonds is 2. The van der Waals surface area contributed by atoms with Crippen LogP contribution in [0.5, 0.6) is 0 Å². The summed E-state index contributed by atoms with van der Waals surface area (Å²) in [6, 6.07) is 26.8. The maximum absolute atomic E-state index is 3.91. The molecule has 1 N–H and O–H groups in total.